The minimum Gasteiger partial charge on any atom is -0.493 e. The van der Waals surface area contributed by atoms with Gasteiger partial charge in [0, 0.05) is 11.6 Å². The van der Waals surface area contributed by atoms with Crippen LogP contribution in [0.2, 0.25) is 0 Å². The topological polar surface area (TPSA) is 121 Å². The van der Waals surface area contributed by atoms with Crippen LogP contribution in [0, 0.1) is 5.92 Å². The van der Waals surface area contributed by atoms with Gasteiger partial charge in [-0.2, -0.15) is 4.98 Å². The van der Waals surface area contributed by atoms with Crippen LogP contribution in [0.1, 0.15) is 38.5 Å². The maximum Gasteiger partial charge on any atom is 0.242 e. The van der Waals surface area contributed by atoms with E-state index in [0.29, 0.717) is 23.0 Å². The van der Waals surface area contributed by atoms with E-state index in [1.807, 2.05) is 0 Å². The van der Waals surface area contributed by atoms with Crippen LogP contribution in [0.3, 0.4) is 0 Å². The van der Waals surface area contributed by atoms with E-state index in [1.165, 1.54) is 14.2 Å². The molecule has 2 aromatic rings. The summed E-state index contributed by atoms with van der Waals surface area (Å²) >= 11 is 0. The summed E-state index contributed by atoms with van der Waals surface area (Å²) in [6.07, 6.45) is 4.11. The zero-order chi connectivity index (χ0) is 21.7. The average molecular weight is 438 g/mol. The van der Waals surface area contributed by atoms with Crippen molar-refractivity contribution in [2.75, 3.05) is 20.0 Å². The Labute approximate surface area is 176 Å². The molecule has 2 unspecified atom stereocenters. The lowest BCUT2D eigenvalue weighted by atomic mass is 9.86. The van der Waals surface area contributed by atoms with Crippen molar-refractivity contribution in [2.24, 2.45) is 5.92 Å². The molecule has 1 fully saturated rings. The van der Waals surface area contributed by atoms with E-state index in [0.717, 1.165) is 25.7 Å². The summed E-state index contributed by atoms with van der Waals surface area (Å²) in [4.78, 5) is 16.4. The Morgan fingerprint density at radius 2 is 1.93 bits per heavy atom. The molecule has 30 heavy (non-hydrogen) atoms. The molecule has 0 aliphatic heterocycles. The number of rotatable bonds is 8. The van der Waals surface area contributed by atoms with E-state index in [-0.39, 0.29) is 17.8 Å². The highest BCUT2D eigenvalue weighted by molar-refractivity contribution is 7.91. The molecular weight excluding hydrogens is 410 g/mol. The first-order chi connectivity index (χ1) is 14.3. The molecule has 1 amide bonds. The van der Waals surface area contributed by atoms with Crippen LogP contribution >= 0.6 is 0 Å². The normalized spacial score (nSPS) is 19.3. The van der Waals surface area contributed by atoms with Crippen LogP contribution in [-0.2, 0) is 20.4 Å². The van der Waals surface area contributed by atoms with Crippen LogP contribution in [0.5, 0.6) is 11.5 Å². The van der Waals surface area contributed by atoms with E-state index >= 15 is 0 Å². The van der Waals surface area contributed by atoms with Crippen molar-refractivity contribution in [3.05, 3.63) is 24.1 Å². The van der Waals surface area contributed by atoms with Crippen molar-refractivity contribution >= 4 is 15.7 Å². The second-order valence-corrected chi connectivity index (χ2v) is 9.61. The Hall–Kier alpha value is -2.62. The van der Waals surface area contributed by atoms with Crippen molar-refractivity contribution in [1.82, 2.24) is 15.5 Å². The standard InChI is InChI=1S/C20H27N3O6S/c1-13-6-4-5-7-15(13)21-18(24)11-30(25,26)12-19-22-20(23-29-19)14-8-9-16(27-2)17(10-14)28-3/h8-10,13,15H,4-7,11-12H2,1-3H3,(H,21,24). The Bertz CT molecular complexity index is 988. The van der Waals surface area contributed by atoms with Gasteiger partial charge in [-0.15, -0.1) is 0 Å². The molecule has 1 aliphatic carbocycles. The molecule has 1 saturated carbocycles. The summed E-state index contributed by atoms with van der Waals surface area (Å²) in [5.41, 5.74) is 0.587. The summed E-state index contributed by atoms with van der Waals surface area (Å²) in [5, 5.41) is 6.69. The number of hydrogen-bond acceptors (Lipinski definition) is 8. The third-order valence-corrected chi connectivity index (χ3v) is 6.65. The molecule has 1 aliphatic rings. The van der Waals surface area contributed by atoms with Gasteiger partial charge in [0.25, 0.3) is 0 Å². The monoisotopic (exact) mass is 437 g/mol. The smallest absolute Gasteiger partial charge is 0.242 e. The number of carbonyl (C=O) groups excluding carboxylic acids is 1. The third-order valence-electron chi connectivity index (χ3n) is 5.26. The van der Waals surface area contributed by atoms with E-state index < -0.39 is 27.3 Å². The van der Waals surface area contributed by atoms with E-state index in [1.54, 1.807) is 18.2 Å². The van der Waals surface area contributed by atoms with E-state index in [2.05, 4.69) is 22.4 Å². The number of methoxy groups -OCH3 is 2. The number of nitrogens with zero attached hydrogens (tertiary/aromatic N) is 2. The van der Waals surface area contributed by atoms with Crippen LogP contribution < -0.4 is 14.8 Å². The number of hydrogen-bond donors (Lipinski definition) is 1. The number of nitrogens with one attached hydrogen (secondary N) is 1. The number of carbonyl (C=O) groups is 1. The molecule has 0 saturated heterocycles. The first kappa shape index (κ1) is 22.1. The number of aromatic nitrogens is 2. The van der Waals surface area contributed by atoms with Crippen molar-refractivity contribution in [3.63, 3.8) is 0 Å². The summed E-state index contributed by atoms with van der Waals surface area (Å²) < 4.78 is 40.4. The maximum absolute atomic E-state index is 12.4. The number of sulfone groups is 1. The fourth-order valence-corrected chi connectivity index (χ4v) is 4.70. The number of benzene rings is 1. The van der Waals surface area contributed by atoms with Gasteiger partial charge in [0.05, 0.1) is 14.2 Å². The SMILES string of the molecule is COc1ccc(-c2noc(CS(=O)(=O)CC(=O)NC3CCCCC3C)n2)cc1OC. The number of amides is 1. The van der Waals surface area contributed by atoms with E-state index in [4.69, 9.17) is 14.0 Å². The highest BCUT2D eigenvalue weighted by Gasteiger charge is 2.26. The fraction of sp³-hybridized carbons (Fsp3) is 0.550. The Kier molecular flexibility index (Phi) is 6.96. The summed E-state index contributed by atoms with van der Waals surface area (Å²) in [7, 11) is -0.711. The second-order valence-electron chi connectivity index (χ2n) is 7.55. The third kappa shape index (κ3) is 5.50. The van der Waals surface area contributed by atoms with Crippen molar-refractivity contribution in [1.29, 1.82) is 0 Å². The highest BCUT2D eigenvalue weighted by Crippen LogP contribution is 2.31. The molecule has 3 rings (SSSR count). The van der Waals surface area contributed by atoms with Crippen LogP contribution in [-0.4, -0.2) is 50.5 Å². The number of ether oxygens (including phenoxy) is 2. The van der Waals surface area contributed by atoms with Gasteiger partial charge in [0.15, 0.2) is 21.3 Å². The summed E-state index contributed by atoms with van der Waals surface area (Å²) in [6, 6.07) is 5.10. The summed E-state index contributed by atoms with van der Waals surface area (Å²) in [5.74, 6) is -0.0574. The summed E-state index contributed by atoms with van der Waals surface area (Å²) in [6.45, 7) is 2.08. The minimum atomic E-state index is -3.75. The minimum absolute atomic E-state index is 0.0292. The lowest BCUT2D eigenvalue weighted by molar-refractivity contribution is -0.119. The highest BCUT2D eigenvalue weighted by atomic mass is 32.2. The molecule has 0 bridgehead atoms. The molecule has 1 N–H and O–H groups in total. The van der Waals surface area contributed by atoms with Crippen LogP contribution in [0.15, 0.2) is 22.7 Å². The Morgan fingerprint density at radius 1 is 1.20 bits per heavy atom. The molecule has 2 atom stereocenters. The largest absolute Gasteiger partial charge is 0.493 e. The molecule has 1 aromatic carbocycles. The molecular formula is C20H27N3O6S. The molecule has 0 spiro atoms. The van der Waals surface area contributed by atoms with Crippen LogP contribution in [0.4, 0.5) is 0 Å². The van der Waals surface area contributed by atoms with Gasteiger partial charge in [0.1, 0.15) is 11.5 Å². The van der Waals surface area contributed by atoms with Gasteiger partial charge in [-0.25, -0.2) is 8.42 Å². The van der Waals surface area contributed by atoms with E-state index in [9.17, 15) is 13.2 Å². The molecule has 1 heterocycles. The predicted octanol–water partition coefficient (Wildman–Crippen LogP) is 2.36. The Balaban J connectivity index is 1.63. The lowest BCUT2D eigenvalue weighted by Crippen LogP contribution is -2.43. The predicted molar refractivity (Wildman–Crippen MR) is 110 cm³/mol. The van der Waals surface area contributed by atoms with Gasteiger partial charge >= 0.3 is 0 Å². The zero-order valence-electron chi connectivity index (χ0n) is 17.4. The molecule has 1 aromatic heterocycles. The lowest BCUT2D eigenvalue weighted by Gasteiger charge is -2.29. The quantitative estimate of drug-likeness (QED) is 0.668. The second kappa shape index (κ2) is 9.46. The zero-order valence-corrected chi connectivity index (χ0v) is 18.2. The first-order valence-corrected chi connectivity index (χ1v) is 11.7. The molecule has 164 valence electrons. The first-order valence-electron chi connectivity index (χ1n) is 9.86. The average Bonchev–Trinajstić information content (AvgIpc) is 3.16. The Morgan fingerprint density at radius 3 is 2.63 bits per heavy atom. The molecule has 10 heteroatoms. The van der Waals surface area contributed by atoms with Gasteiger partial charge < -0.3 is 19.3 Å². The van der Waals surface area contributed by atoms with Crippen molar-refractivity contribution in [3.8, 4) is 22.9 Å². The van der Waals surface area contributed by atoms with Gasteiger partial charge in [-0.3, -0.25) is 4.79 Å². The van der Waals surface area contributed by atoms with Gasteiger partial charge in [-0.05, 0) is 37.0 Å². The van der Waals surface area contributed by atoms with Crippen molar-refractivity contribution < 1.29 is 27.2 Å². The fourth-order valence-electron chi connectivity index (χ4n) is 3.62. The van der Waals surface area contributed by atoms with Crippen LogP contribution in [0.25, 0.3) is 11.4 Å². The molecule has 9 nitrogen and oxygen atoms in total. The van der Waals surface area contributed by atoms with Gasteiger partial charge in [-0.1, -0.05) is 24.9 Å². The van der Waals surface area contributed by atoms with Gasteiger partial charge in [0.2, 0.25) is 17.6 Å². The van der Waals surface area contributed by atoms with Crippen molar-refractivity contribution in [2.45, 2.75) is 44.4 Å². The maximum atomic E-state index is 12.4. The molecule has 0 radical (unpaired) electrons.